The molecule has 252 valence electrons. The number of benzene rings is 3. The van der Waals surface area contributed by atoms with E-state index < -0.39 is 41.1 Å². The number of imidazole rings is 1. The van der Waals surface area contributed by atoms with Crippen molar-refractivity contribution in [3.63, 3.8) is 0 Å². The molecule has 4 aromatic rings. The number of carbonyl (C=O) groups is 4. The summed E-state index contributed by atoms with van der Waals surface area (Å²) in [6.45, 7) is 9.69. The van der Waals surface area contributed by atoms with E-state index in [1.54, 1.807) is 45.4 Å². The largest absolute Gasteiger partial charge is 0.444 e. The van der Waals surface area contributed by atoms with E-state index in [0.29, 0.717) is 13.1 Å². The molecule has 2 heterocycles. The van der Waals surface area contributed by atoms with Crippen LogP contribution in [-0.2, 0) is 25.5 Å². The maximum absolute atomic E-state index is 13.9. The zero-order valence-electron chi connectivity index (χ0n) is 28.2. The minimum absolute atomic E-state index is 0.0323. The third-order valence-corrected chi connectivity index (χ3v) is 8.17. The van der Waals surface area contributed by atoms with Gasteiger partial charge in [0.2, 0.25) is 17.7 Å². The highest BCUT2D eigenvalue weighted by atomic mass is 16.6. The Bertz CT molecular complexity index is 1770. The van der Waals surface area contributed by atoms with Crippen molar-refractivity contribution in [2.75, 3.05) is 18.4 Å². The Morgan fingerprint density at radius 2 is 1.54 bits per heavy atom. The van der Waals surface area contributed by atoms with Gasteiger partial charge in [-0.1, -0.05) is 72.8 Å². The van der Waals surface area contributed by atoms with Crippen molar-refractivity contribution in [2.24, 2.45) is 0 Å². The van der Waals surface area contributed by atoms with Crippen molar-refractivity contribution >= 4 is 40.4 Å². The molecule has 11 heteroatoms. The molecule has 1 aromatic heterocycles. The molecule has 1 aliphatic heterocycles. The Morgan fingerprint density at radius 1 is 0.875 bits per heavy atom. The first-order valence-corrected chi connectivity index (χ1v) is 16.3. The summed E-state index contributed by atoms with van der Waals surface area (Å²) in [5.74, 6) is -0.869. The average molecular weight is 653 g/mol. The lowest BCUT2D eigenvalue weighted by atomic mass is 9.99. The van der Waals surface area contributed by atoms with E-state index in [1.807, 2.05) is 77.7 Å². The lowest BCUT2D eigenvalue weighted by Crippen LogP contribution is -2.59. The standard InChI is InChI=1S/C37H44N6O5/c1-36(2,3)48-35(47)41-37(4,5)34(46)39-29(22-25-17-18-26-13-9-10-16-28(26)21-25)32(44)40-30-23-43(24-38-30)31(27-14-7-6-8-15-27)33(45)42-19-11-12-20-42/h6-10,13-18,21,23-24,29,31H,11-12,19-20,22H2,1-5H3,(H,39,46)(H,40,44)(H,41,47)/t29-,31?/m1/s1. The fourth-order valence-corrected chi connectivity index (χ4v) is 5.71. The second kappa shape index (κ2) is 14.3. The summed E-state index contributed by atoms with van der Waals surface area (Å²) in [5, 5.41) is 10.3. The van der Waals surface area contributed by atoms with E-state index in [0.717, 1.165) is 34.7 Å². The number of rotatable bonds is 10. The monoisotopic (exact) mass is 652 g/mol. The van der Waals surface area contributed by atoms with Gasteiger partial charge < -0.3 is 30.2 Å². The predicted molar refractivity (Wildman–Crippen MR) is 184 cm³/mol. The van der Waals surface area contributed by atoms with Gasteiger partial charge in [0.05, 0.1) is 6.33 Å². The first kappa shape index (κ1) is 34.2. The molecule has 0 aliphatic carbocycles. The Balaban J connectivity index is 1.38. The fraction of sp³-hybridized carbons (Fsp3) is 0.378. The number of alkyl carbamates (subject to hydrolysis) is 1. The Morgan fingerprint density at radius 3 is 2.23 bits per heavy atom. The van der Waals surface area contributed by atoms with E-state index in [1.165, 1.54) is 6.33 Å². The van der Waals surface area contributed by atoms with Gasteiger partial charge in [0.1, 0.15) is 23.2 Å². The summed E-state index contributed by atoms with van der Waals surface area (Å²) < 4.78 is 7.05. The summed E-state index contributed by atoms with van der Waals surface area (Å²) in [7, 11) is 0. The zero-order valence-corrected chi connectivity index (χ0v) is 28.2. The van der Waals surface area contributed by atoms with Gasteiger partial charge >= 0.3 is 6.09 Å². The lowest BCUT2D eigenvalue weighted by Gasteiger charge is -2.29. The summed E-state index contributed by atoms with van der Waals surface area (Å²) in [5.41, 5.74) is -0.509. The van der Waals surface area contributed by atoms with E-state index in [-0.39, 0.29) is 18.1 Å². The van der Waals surface area contributed by atoms with Gasteiger partial charge in [0.25, 0.3) is 0 Å². The average Bonchev–Trinajstić information content (AvgIpc) is 3.73. The van der Waals surface area contributed by atoms with Crippen molar-refractivity contribution in [2.45, 2.75) is 77.1 Å². The number of hydrogen-bond donors (Lipinski definition) is 3. The van der Waals surface area contributed by atoms with Crippen molar-refractivity contribution < 1.29 is 23.9 Å². The van der Waals surface area contributed by atoms with Crippen LogP contribution in [0, 0.1) is 0 Å². The first-order chi connectivity index (χ1) is 22.8. The SMILES string of the molecule is CC(C)(C)OC(=O)NC(C)(C)C(=O)N[C@H](Cc1ccc2ccccc2c1)C(=O)Nc1cn(C(C(=O)N2CCCC2)c2ccccc2)cn1. The number of amides is 4. The topological polar surface area (TPSA) is 135 Å². The quantitative estimate of drug-likeness (QED) is 0.215. The molecule has 1 unspecified atom stereocenters. The molecule has 0 radical (unpaired) electrons. The molecule has 11 nitrogen and oxygen atoms in total. The highest BCUT2D eigenvalue weighted by Gasteiger charge is 2.35. The Kier molecular flexibility index (Phi) is 10.2. The van der Waals surface area contributed by atoms with Gasteiger partial charge in [-0.25, -0.2) is 9.78 Å². The number of fused-ring (bicyclic) bond motifs is 1. The maximum Gasteiger partial charge on any atom is 0.408 e. The van der Waals surface area contributed by atoms with Crippen molar-refractivity contribution in [3.05, 3.63) is 96.4 Å². The van der Waals surface area contributed by atoms with Crippen molar-refractivity contribution in [1.82, 2.24) is 25.1 Å². The van der Waals surface area contributed by atoms with Gasteiger partial charge in [0, 0.05) is 25.7 Å². The molecule has 1 fully saturated rings. The van der Waals surface area contributed by atoms with Gasteiger partial charge in [-0.2, -0.15) is 0 Å². The number of hydrogen-bond acceptors (Lipinski definition) is 6. The smallest absolute Gasteiger partial charge is 0.408 e. The van der Waals surface area contributed by atoms with E-state index in [9.17, 15) is 19.2 Å². The normalized spacial score (nSPS) is 14.6. The number of carbonyl (C=O) groups excluding carboxylic acids is 4. The summed E-state index contributed by atoms with van der Waals surface area (Å²) in [4.78, 5) is 59.9. The van der Waals surface area contributed by atoms with Crippen LogP contribution in [0.4, 0.5) is 10.6 Å². The van der Waals surface area contributed by atoms with Crippen LogP contribution in [0.3, 0.4) is 0 Å². The van der Waals surface area contributed by atoms with E-state index >= 15 is 0 Å². The molecule has 1 aliphatic rings. The minimum Gasteiger partial charge on any atom is -0.444 e. The first-order valence-electron chi connectivity index (χ1n) is 16.3. The molecule has 0 bridgehead atoms. The van der Waals surface area contributed by atoms with Crippen LogP contribution in [-0.4, -0.2) is 68.5 Å². The number of anilines is 1. The predicted octanol–water partition coefficient (Wildman–Crippen LogP) is 5.22. The number of ether oxygens (including phenoxy) is 1. The Hall–Kier alpha value is -5.19. The maximum atomic E-state index is 13.9. The number of aromatic nitrogens is 2. The molecule has 3 N–H and O–H groups in total. The molecule has 48 heavy (non-hydrogen) atoms. The highest BCUT2D eigenvalue weighted by molar-refractivity contribution is 5.99. The molecular weight excluding hydrogens is 608 g/mol. The van der Waals surface area contributed by atoms with Crippen LogP contribution in [0.2, 0.25) is 0 Å². The molecule has 4 amide bonds. The minimum atomic E-state index is -1.40. The third kappa shape index (κ3) is 8.58. The number of likely N-dealkylation sites (tertiary alicyclic amines) is 1. The van der Waals surface area contributed by atoms with Crippen LogP contribution in [0.25, 0.3) is 10.8 Å². The van der Waals surface area contributed by atoms with Crippen LogP contribution in [0.5, 0.6) is 0 Å². The molecule has 5 rings (SSSR count). The fourth-order valence-electron chi connectivity index (χ4n) is 5.71. The molecular formula is C37H44N6O5. The second-order valence-electron chi connectivity index (χ2n) is 13.7. The van der Waals surface area contributed by atoms with Gasteiger partial charge in [0.15, 0.2) is 5.82 Å². The molecule has 0 spiro atoms. The number of nitrogens with zero attached hydrogens (tertiary/aromatic N) is 3. The Labute approximate surface area is 281 Å². The molecule has 0 saturated carbocycles. The second-order valence-corrected chi connectivity index (χ2v) is 13.7. The van der Waals surface area contributed by atoms with Gasteiger partial charge in [-0.15, -0.1) is 0 Å². The summed E-state index contributed by atoms with van der Waals surface area (Å²) >= 11 is 0. The van der Waals surface area contributed by atoms with Crippen LogP contribution < -0.4 is 16.0 Å². The van der Waals surface area contributed by atoms with Crippen LogP contribution in [0.1, 0.15) is 64.6 Å². The number of nitrogens with one attached hydrogen (secondary N) is 3. The molecule has 1 saturated heterocycles. The van der Waals surface area contributed by atoms with Crippen LogP contribution in [0.15, 0.2) is 85.3 Å². The van der Waals surface area contributed by atoms with E-state index in [2.05, 4.69) is 20.9 Å². The van der Waals surface area contributed by atoms with Crippen molar-refractivity contribution in [3.8, 4) is 0 Å². The van der Waals surface area contributed by atoms with Crippen molar-refractivity contribution in [1.29, 1.82) is 0 Å². The van der Waals surface area contributed by atoms with Gasteiger partial charge in [-0.3, -0.25) is 14.4 Å². The van der Waals surface area contributed by atoms with Crippen LogP contribution >= 0.6 is 0 Å². The highest BCUT2D eigenvalue weighted by Crippen LogP contribution is 2.25. The molecule has 3 aromatic carbocycles. The lowest BCUT2D eigenvalue weighted by molar-refractivity contribution is -0.132. The zero-order chi connectivity index (χ0) is 34.5. The summed E-state index contributed by atoms with van der Waals surface area (Å²) in [6.07, 6.45) is 4.52. The third-order valence-electron chi connectivity index (χ3n) is 8.17. The van der Waals surface area contributed by atoms with E-state index in [4.69, 9.17) is 4.74 Å². The molecule has 2 atom stereocenters. The summed E-state index contributed by atoms with van der Waals surface area (Å²) in [6, 6.07) is 21.6. The van der Waals surface area contributed by atoms with Gasteiger partial charge in [-0.05, 0) is 69.4 Å².